The van der Waals surface area contributed by atoms with E-state index >= 15 is 0 Å². The lowest BCUT2D eigenvalue weighted by Gasteiger charge is -2.31. The Morgan fingerprint density at radius 1 is 1.27 bits per heavy atom. The van der Waals surface area contributed by atoms with Crippen LogP contribution in [0, 0.1) is 0 Å². The third-order valence-corrected chi connectivity index (χ3v) is 5.06. The van der Waals surface area contributed by atoms with Gasteiger partial charge in [-0.1, -0.05) is 36.6 Å². The highest BCUT2D eigenvalue weighted by Crippen LogP contribution is 2.29. The normalized spacial score (nSPS) is 21.6. The number of halogens is 1. The Balaban J connectivity index is 1.97. The lowest BCUT2D eigenvalue weighted by molar-refractivity contribution is -0.136. The van der Waals surface area contributed by atoms with Gasteiger partial charge < -0.3 is 15.4 Å². The van der Waals surface area contributed by atoms with Crippen molar-refractivity contribution < 1.29 is 14.3 Å². The maximum atomic E-state index is 12.5. The monoisotopic (exact) mass is 377 g/mol. The topological polar surface area (TPSA) is 70.7 Å². The molecule has 0 saturated carbocycles. The Morgan fingerprint density at radius 3 is 2.65 bits per heavy atom. The van der Waals surface area contributed by atoms with Crippen LogP contribution in [0.2, 0.25) is 5.02 Å². The van der Waals surface area contributed by atoms with Crippen LogP contribution < -0.4 is 10.6 Å². The van der Waals surface area contributed by atoms with Crippen LogP contribution in [-0.2, 0) is 9.53 Å². The average molecular weight is 378 g/mol. The van der Waals surface area contributed by atoms with Gasteiger partial charge in [-0.25, -0.2) is 9.59 Å². The third-order valence-electron chi connectivity index (χ3n) is 4.82. The van der Waals surface area contributed by atoms with Crippen molar-refractivity contribution >= 4 is 23.6 Å². The van der Waals surface area contributed by atoms with Crippen LogP contribution in [0.1, 0.15) is 37.3 Å². The van der Waals surface area contributed by atoms with E-state index in [1.54, 1.807) is 18.2 Å². The number of nitrogens with one attached hydrogen (secondary N) is 2. The molecule has 0 aromatic heterocycles. The zero-order valence-corrected chi connectivity index (χ0v) is 15.6. The van der Waals surface area contributed by atoms with Gasteiger partial charge in [0.2, 0.25) is 0 Å². The first-order chi connectivity index (χ1) is 12.6. The van der Waals surface area contributed by atoms with Crippen LogP contribution in [-0.4, -0.2) is 43.6 Å². The Kier molecular flexibility index (Phi) is 6.16. The molecule has 1 aromatic rings. The molecular weight excluding hydrogens is 354 g/mol. The van der Waals surface area contributed by atoms with E-state index in [1.165, 1.54) is 20.0 Å². The van der Waals surface area contributed by atoms with Crippen LogP contribution >= 0.6 is 11.6 Å². The van der Waals surface area contributed by atoms with Crippen LogP contribution in [0.15, 0.2) is 35.5 Å². The van der Waals surface area contributed by atoms with Gasteiger partial charge in [0, 0.05) is 17.3 Å². The molecule has 0 spiro atoms. The van der Waals surface area contributed by atoms with Gasteiger partial charge in [-0.3, -0.25) is 4.90 Å². The predicted molar refractivity (Wildman–Crippen MR) is 99.8 cm³/mol. The summed E-state index contributed by atoms with van der Waals surface area (Å²) in [6.45, 7) is 2.45. The molecule has 2 aliphatic rings. The van der Waals surface area contributed by atoms with E-state index in [0.717, 1.165) is 31.5 Å². The van der Waals surface area contributed by atoms with Gasteiger partial charge in [-0.2, -0.15) is 0 Å². The molecule has 1 atom stereocenters. The number of hydrogen-bond donors (Lipinski definition) is 2. The minimum absolute atomic E-state index is 0.326. The number of methoxy groups -OCH3 is 1. The number of carbonyl (C=O) groups is 2. The van der Waals surface area contributed by atoms with Crippen LogP contribution in [0.25, 0.3) is 0 Å². The van der Waals surface area contributed by atoms with Crippen LogP contribution in [0.5, 0.6) is 0 Å². The maximum Gasteiger partial charge on any atom is 0.338 e. The zero-order valence-electron chi connectivity index (χ0n) is 14.9. The van der Waals surface area contributed by atoms with Crippen molar-refractivity contribution in [2.24, 2.45) is 0 Å². The van der Waals surface area contributed by atoms with Gasteiger partial charge in [0.25, 0.3) is 0 Å². The summed E-state index contributed by atoms with van der Waals surface area (Å²) in [7, 11) is 1.35. The highest BCUT2D eigenvalue weighted by atomic mass is 35.5. The van der Waals surface area contributed by atoms with Gasteiger partial charge in [-0.15, -0.1) is 0 Å². The number of benzene rings is 1. The van der Waals surface area contributed by atoms with Crippen molar-refractivity contribution in [3.63, 3.8) is 0 Å². The van der Waals surface area contributed by atoms with E-state index in [2.05, 4.69) is 15.5 Å². The highest BCUT2D eigenvalue weighted by Gasteiger charge is 2.34. The Labute approximate surface area is 158 Å². The van der Waals surface area contributed by atoms with Crippen molar-refractivity contribution in [1.29, 1.82) is 0 Å². The summed E-state index contributed by atoms with van der Waals surface area (Å²) in [5.74, 6) is -0.452. The zero-order chi connectivity index (χ0) is 18.5. The predicted octanol–water partition coefficient (Wildman–Crippen LogP) is 3.00. The molecule has 0 aliphatic carbocycles. The summed E-state index contributed by atoms with van der Waals surface area (Å²) in [5.41, 5.74) is 1.78. The Hall–Kier alpha value is -2.05. The molecule has 140 valence electrons. The number of nitrogens with zero attached hydrogens (tertiary/aromatic N) is 1. The SMILES string of the molecule is COC(=O)C1=C(CN2CCCCCC2)NC(=O)N[C@H]1c1cccc(Cl)c1. The summed E-state index contributed by atoms with van der Waals surface area (Å²) < 4.78 is 5.01. The summed E-state index contributed by atoms with van der Waals surface area (Å²) >= 11 is 6.10. The average Bonchev–Trinajstić information content (AvgIpc) is 2.89. The van der Waals surface area contributed by atoms with E-state index in [4.69, 9.17) is 16.3 Å². The Bertz CT molecular complexity index is 712. The number of esters is 1. The second kappa shape index (κ2) is 8.56. The molecule has 0 bridgehead atoms. The minimum Gasteiger partial charge on any atom is -0.466 e. The van der Waals surface area contributed by atoms with Gasteiger partial charge in [0.1, 0.15) is 0 Å². The van der Waals surface area contributed by atoms with Crippen molar-refractivity contribution in [2.45, 2.75) is 31.7 Å². The molecule has 1 aromatic carbocycles. The van der Waals surface area contributed by atoms with E-state index in [-0.39, 0.29) is 6.03 Å². The molecule has 3 rings (SSSR count). The van der Waals surface area contributed by atoms with E-state index in [1.807, 2.05) is 6.07 Å². The summed E-state index contributed by atoms with van der Waals surface area (Å²) in [4.78, 5) is 27.1. The van der Waals surface area contributed by atoms with Gasteiger partial charge in [-0.05, 0) is 43.6 Å². The van der Waals surface area contributed by atoms with Crippen molar-refractivity contribution in [2.75, 3.05) is 26.7 Å². The maximum absolute atomic E-state index is 12.5. The lowest BCUT2D eigenvalue weighted by Crippen LogP contribution is -2.48. The fourth-order valence-corrected chi connectivity index (χ4v) is 3.75. The quantitative estimate of drug-likeness (QED) is 0.791. The molecule has 6 nitrogen and oxygen atoms in total. The number of rotatable bonds is 4. The number of likely N-dealkylation sites (tertiary alicyclic amines) is 1. The smallest absolute Gasteiger partial charge is 0.338 e. The Morgan fingerprint density at radius 2 is 2.00 bits per heavy atom. The second-order valence-corrected chi connectivity index (χ2v) is 7.10. The summed E-state index contributed by atoms with van der Waals surface area (Å²) in [5, 5.41) is 6.19. The number of urea groups is 1. The number of ether oxygens (including phenoxy) is 1. The fourth-order valence-electron chi connectivity index (χ4n) is 3.55. The number of amides is 2. The second-order valence-electron chi connectivity index (χ2n) is 6.66. The fraction of sp³-hybridized carbons (Fsp3) is 0.474. The van der Waals surface area contributed by atoms with Gasteiger partial charge >= 0.3 is 12.0 Å². The first-order valence-corrected chi connectivity index (χ1v) is 9.33. The first-order valence-electron chi connectivity index (χ1n) is 8.95. The van der Waals surface area contributed by atoms with E-state index in [9.17, 15) is 9.59 Å². The molecule has 2 N–H and O–H groups in total. The molecule has 7 heteroatoms. The van der Waals surface area contributed by atoms with Crippen molar-refractivity contribution in [3.05, 3.63) is 46.1 Å². The molecule has 2 amide bonds. The van der Waals surface area contributed by atoms with Crippen molar-refractivity contribution in [3.8, 4) is 0 Å². The highest BCUT2D eigenvalue weighted by molar-refractivity contribution is 6.30. The van der Waals surface area contributed by atoms with Gasteiger partial charge in [0.05, 0.1) is 18.7 Å². The standard InChI is InChI=1S/C19H24ClN3O3/c1-26-18(24)16-15(12-23-9-4-2-3-5-10-23)21-19(25)22-17(16)13-7-6-8-14(20)11-13/h6-8,11,17H,2-5,9-10,12H2,1H3,(H2,21,22,25)/t17-/m0/s1. The summed E-state index contributed by atoms with van der Waals surface area (Å²) in [6.07, 6.45) is 4.70. The first kappa shape index (κ1) is 18.7. The molecule has 26 heavy (non-hydrogen) atoms. The largest absolute Gasteiger partial charge is 0.466 e. The molecule has 1 saturated heterocycles. The molecule has 2 heterocycles. The number of hydrogen-bond acceptors (Lipinski definition) is 4. The molecule has 1 fully saturated rings. The third kappa shape index (κ3) is 4.37. The van der Waals surface area contributed by atoms with Crippen LogP contribution in [0.3, 0.4) is 0 Å². The van der Waals surface area contributed by atoms with Gasteiger partial charge in [0.15, 0.2) is 0 Å². The summed E-state index contributed by atoms with van der Waals surface area (Å²) in [6, 6.07) is 6.24. The molecule has 0 unspecified atom stereocenters. The van der Waals surface area contributed by atoms with Crippen LogP contribution in [0.4, 0.5) is 4.79 Å². The van der Waals surface area contributed by atoms with E-state index in [0.29, 0.717) is 22.8 Å². The minimum atomic E-state index is -0.586. The number of carbonyl (C=O) groups excluding carboxylic acids is 2. The lowest BCUT2D eigenvalue weighted by atomic mass is 9.95. The molecule has 0 radical (unpaired) electrons. The van der Waals surface area contributed by atoms with E-state index < -0.39 is 12.0 Å². The van der Waals surface area contributed by atoms with Crippen molar-refractivity contribution in [1.82, 2.24) is 15.5 Å². The molecular formula is C19H24ClN3O3. The molecule has 2 aliphatic heterocycles.